The number of hydrogen-bond donors (Lipinski definition) is 0. The summed E-state index contributed by atoms with van der Waals surface area (Å²) in [7, 11) is 0. The summed E-state index contributed by atoms with van der Waals surface area (Å²) >= 11 is 0. The van der Waals surface area contributed by atoms with E-state index in [-0.39, 0.29) is 5.78 Å². The standard InChI is InChI=1S/C14H10O3/c15-13(11-7-3-1-4-8-11)14(17-16)12-9-5-2-6-10-12/h1-10H. The minimum Gasteiger partial charge on any atom is -0.462 e. The van der Waals surface area contributed by atoms with E-state index in [2.05, 4.69) is 4.58 Å². The zero-order valence-electron chi connectivity index (χ0n) is 9.00. The molecule has 0 aliphatic rings. The van der Waals surface area contributed by atoms with Crippen molar-refractivity contribution in [3.63, 3.8) is 0 Å². The van der Waals surface area contributed by atoms with E-state index >= 15 is 0 Å². The fourth-order valence-electron chi connectivity index (χ4n) is 1.53. The highest BCUT2D eigenvalue weighted by molar-refractivity contribution is 6.49. The van der Waals surface area contributed by atoms with Crippen molar-refractivity contribution in [2.24, 2.45) is 0 Å². The highest BCUT2D eigenvalue weighted by Gasteiger charge is 2.26. The first-order valence-electron chi connectivity index (χ1n) is 5.15. The van der Waals surface area contributed by atoms with Crippen LogP contribution in [0.3, 0.4) is 0 Å². The Morgan fingerprint density at radius 3 is 1.76 bits per heavy atom. The van der Waals surface area contributed by atoms with Gasteiger partial charge in [0.05, 0.1) is 5.56 Å². The Kier molecular flexibility index (Phi) is 3.31. The number of rotatable bonds is 3. The molecule has 3 heteroatoms. The van der Waals surface area contributed by atoms with E-state index in [0.717, 1.165) is 0 Å². The quantitative estimate of drug-likeness (QED) is 0.262. The molecule has 0 amide bonds. The van der Waals surface area contributed by atoms with Crippen molar-refractivity contribution in [3.8, 4) is 0 Å². The molecule has 0 aliphatic carbocycles. The highest BCUT2D eigenvalue weighted by atomic mass is 17.1. The molecule has 0 heterocycles. The van der Waals surface area contributed by atoms with Crippen LogP contribution < -0.4 is 5.26 Å². The third-order valence-corrected chi connectivity index (χ3v) is 2.36. The maximum atomic E-state index is 12.0. The molecule has 0 atom stereocenters. The summed E-state index contributed by atoms with van der Waals surface area (Å²) in [5.74, 6) is -0.594. The molecule has 3 nitrogen and oxygen atoms in total. The zero-order chi connectivity index (χ0) is 12.1. The fourth-order valence-corrected chi connectivity index (χ4v) is 1.53. The van der Waals surface area contributed by atoms with E-state index in [4.69, 9.17) is 0 Å². The molecule has 0 saturated heterocycles. The van der Waals surface area contributed by atoms with Gasteiger partial charge in [-0.15, -0.1) is 0 Å². The number of Topliss-reactive ketones (excluding diaryl/α,β-unsaturated/α-hetero) is 1. The van der Waals surface area contributed by atoms with Gasteiger partial charge >= 0.3 is 5.78 Å². The lowest BCUT2D eigenvalue weighted by molar-refractivity contribution is -0.937. The van der Waals surface area contributed by atoms with Gasteiger partial charge in [-0.3, -0.25) is 4.79 Å². The van der Waals surface area contributed by atoms with Gasteiger partial charge in [0.15, 0.2) is 0 Å². The monoisotopic (exact) mass is 226 g/mol. The van der Waals surface area contributed by atoms with E-state index in [1.807, 2.05) is 0 Å². The first kappa shape index (κ1) is 11.1. The predicted octanol–water partition coefficient (Wildman–Crippen LogP) is 1.56. The Hall–Kier alpha value is -2.42. The van der Waals surface area contributed by atoms with Gasteiger partial charge in [0.25, 0.3) is 5.78 Å². The Morgan fingerprint density at radius 1 is 0.824 bits per heavy atom. The van der Waals surface area contributed by atoms with E-state index in [9.17, 15) is 10.1 Å². The van der Waals surface area contributed by atoms with Gasteiger partial charge in [-0.25, -0.2) is 0 Å². The van der Waals surface area contributed by atoms with Gasteiger partial charge in [-0.1, -0.05) is 48.5 Å². The number of hydrogen-bond acceptors (Lipinski definition) is 2. The summed E-state index contributed by atoms with van der Waals surface area (Å²) in [6.45, 7) is 0. The molecule has 2 aromatic carbocycles. The van der Waals surface area contributed by atoms with Crippen LogP contribution in [-0.4, -0.2) is 11.6 Å². The Balaban J connectivity index is 2.37. The maximum absolute atomic E-state index is 12.0. The minimum absolute atomic E-state index is 0.184. The Morgan fingerprint density at radius 2 is 1.29 bits per heavy atom. The Labute approximate surface area is 98.6 Å². The first-order chi connectivity index (χ1) is 8.33. The summed E-state index contributed by atoms with van der Waals surface area (Å²) in [4.78, 5) is 12.0. The largest absolute Gasteiger partial charge is 0.462 e. The van der Waals surface area contributed by atoms with Crippen molar-refractivity contribution in [1.82, 2.24) is 0 Å². The van der Waals surface area contributed by atoms with Gasteiger partial charge in [0.1, 0.15) is 0 Å². The lowest BCUT2D eigenvalue weighted by atomic mass is 10.0. The molecule has 0 aliphatic heterocycles. The van der Waals surface area contributed by atoms with E-state index in [1.165, 1.54) is 0 Å². The van der Waals surface area contributed by atoms with Gasteiger partial charge in [-0.2, -0.15) is 4.58 Å². The minimum atomic E-state index is -0.410. The van der Waals surface area contributed by atoms with Crippen LogP contribution in [-0.2, 0) is 0 Å². The second-order valence-electron chi connectivity index (χ2n) is 3.47. The number of carbonyl (C=O) groups is 1. The van der Waals surface area contributed by atoms with Gasteiger partial charge in [0, 0.05) is 5.56 Å². The molecule has 0 radical (unpaired) electrons. The van der Waals surface area contributed by atoms with Crippen molar-refractivity contribution in [2.75, 3.05) is 0 Å². The summed E-state index contributed by atoms with van der Waals surface area (Å²) in [6.07, 6.45) is 0. The fraction of sp³-hybridized carbons (Fsp3) is 0. The molecule has 0 N–H and O–H groups in total. The summed E-state index contributed by atoms with van der Waals surface area (Å²) in [5, 5.41) is 10.7. The molecule has 2 aromatic rings. The SMILES string of the molecule is O=C(C(=[O+][O-])c1ccccc1)c1ccccc1. The molecule has 0 spiro atoms. The highest BCUT2D eigenvalue weighted by Crippen LogP contribution is 2.07. The Bertz CT molecular complexity index is 530. The molecule has 0 fully saturated rings. The summed E-state index contributed by atoms with van der Waals surface area (Å²) in [6, 6.07) is 17.2. The van der Waals surface area contributed by atoms with Crippen molar-refractivity contribution in [2.45, 2.75) is 0 Å². The summed E-state index contributed by atoms with van der Waals surface area (Å²) in [5.41, 5.74) is 0.915. The van der Waals surface area contributed by atoms with Gasteiger partial charge in [-0.05, 0) is 12.1 Å². The molecule has 0 saturated carbocycles. The van der Waals surface area contributed by atoms with Crippen molar-refractivity contribution < 1.29 is 14.6 Å². The second kappa shape index (κ2) is 5.07. The number of benzene rings is 2. The van der Waals surface area contributed by atoms with Crippen LogP contribution in [0.1, 0.15) is 20.5 Å². The van der Waals surface area contributed by atoms with Gasteiger partial charge < -0.3 is 5.26 Å². The third kappa shape index (κ3) is 2.39. The molecule has 17 heavy (non-hydrogen) atoms. The van der Waals surface area contributed by atoms with Crippen LogP contribution in [0.4, 0.5) is 0 Å². The van der Waals surface area contributed by atoms with Crippen LogP contribution in [0.25, 0.3) is 0 Å². The average Bonchev–Trinajstić information content (AvgIpc) is 2.42. The van der Waals surface area contributed by atoms with E-state index in [1.54, 1.807) is 60.7 Å². The van der Waals surface area contributed by atoms with Crippen LogP contribution in [0.2, 0.25) is 0 Å². The zero-order valence-corrected chi connectivity index (χ0v) is 9.00. The smallest absolute Gasteiger partial charge is 0.430 e. The summed E-state index contributed by atoms with van der Waals surface area (Å²) < 4.78 is 3.97. The van der Waals surface area contributed by atoms with Crippen LogP contribution in [0.15, 0.2) is 60.7 Å². The molecule has 84 valence electrons. The molecule has 0 bridgehead atoms. The maximum Gasteiger partial charge on any atom is 0.430 e. The average molecular weight is 226 g/mol. The van der Waals surface area contributed by atoms with Crippen LogP contribution in [0.5, 0.6) is 0 Å². The molecular formula is C14H10O3. The normalized spacial score (nSPS) is 11.2. The number of ketones is 2. The topological polar surface area (TPSA) is 51.4 Å². The van der Waals surface area contributed by atoms with Gasteiger partial charge in [0.2, 0.25) is 0 Å². The molecular weight excluding hydrogens is 216 g/mol. The van der Waals surface area contributed by atoms with E-state index < -0.39 is 5.78 Å². The van der Waals surface area contributed by atoms with Crippen molar-refractivity contribution >= 4 is 11.6 Å². The number of carbonyl (C=O) groups excluding carboxylic acids is 2. The second-order valence-corrected chi connectivity index (χ2v) is 3.47. The lowest BCUT2D eigenvalue weighted by Crippen LogP contribution is -2.19. The van der Waals surface area contributed by atoms with E-state index in [0.29, 0.717) is 11.1 Å². The molecule has 0 unspecified atom stereocenters. The first-order valence-corrected chi connectivity index (χ1v) is 5.15. The molecule has 0 aromatic heterocycles. The third-order valence-electron chi connectivity index (χ3n) is 2.36. The van der Waals surface area contributed by atoms with Crippen LogP contribution >= 0.6 is 0 Å². The lowest BCUT2D eigenvalue weighted by Gasteiger charge is -1.96. The van der Waals surface area contributed by atoms with Crippen molar-refractivity contribution in [3.05, 3.63) is 71.8 Å². The predicted molar refractivity (Wildman–Crippen MR) is 61.5 cm³/mol. The van der Waals surface area contributed by atoms with Crippen molar-refractivity contribution in [1.29, 1.82) is 0 Å². The van der Waals surface area contributed by atoms with Crippen LogP contribution in [0, 0.1) is 0 Å². The molecule has 2 rings (SSSR count).